The molecule has 5 nitrogen and oxygen atoms in total. The number of carbonyl (C=O) groups is 2. The number of rotatable bonds is 3. The molecule has 2 saturated heterocycles. The van der Waals surface area contributed by atoms with E-state index in [1.54, 1.807) is 16.7 Å². The second-order valence-corrected chi connectivity index (χ2v) is 8.12. The second kappa shape index (κ2) is 7.15. The summed E-state index contributed by atoms with van der Waals surface area (Å²) < 4.78 is 0. The Hall–Kier alpha value is -1.53. The molecule has 6 heteroatoms. The van der Waals surface area contributed by atoms with Crippen LogP contribution in [0, 0.1) is 6.92 Å². The average molecular weight is 347 g/mol. The van der Waals surface area contributed by atoms with Crippen molar-refractivity contribution < 1.29 is 9.59 Å². The quantitative estimate of drug-likeness (QED) is 0.835. The van der Waals surface area contributed by atoms with Gasteiger partial charge in [-0.1, -0.05) is 29.8 Å². The Kier molecular flexibility index (Phi) is 5.15. The maximum Gasteiger partial charge on any atom is 0.242 e. The van der Waals surface area contributed by atoms with Gasteiger partial charge in [-0.05, 0) is 26.5 Å². The van der Waals surface area contributed by atoms with Crippen LogP contribution < -0.4 is 0 Å². The Morgan fingerprint density at radius 3 is 2.42 bits per heavy atom. The monoisotopic (exact) mass is 347 g/mol. The molecule has 0 spiro atoms. The number of amides is 2. The minimum atomic E-state index is -0.100. The van der Waals surface area contributed by atoms with E-state index in [0.29, 0.717) is 0 Å². The van der Waals surface area contributed by atoms with E-state index in [-0.39, 0.29) is 29.0 Å². The summed E-state index contributed by atoms with van der Waals surface area (Å²) >= 11 is 1.63. The largest absolute Gasteiger partial charge is 0.339 e. The minimum Gasteiger partial charge on any atom is -0.339 e. The molecule has 2 amide bonds. The average Bonchev–Trinajstić information content (AvgIpc) is 2.84. The number of benzene rings is 1. The van der Waals surface area contributed by atoms with Crippen LogP contribution in [0.15, 0.2) is 24.3 Å². The van der Waals surface area contributed by atoms with Gasteiger partial charge in [-0.3, -0.25) is 9.59 Å². The first-order valence-electron chi connectivity index (χ1n) is 8.44. The fourth-order valence-electron chi connectivity index (χ4n) is 3.13. The molecule has 2 aliphatic rings. The maximum absolute atomic E-state index is 12.6. The molecular weight excluding hydrogens is 322 g/mol. The number of carbonyl (C=O) groups excluding carboxylic acids is 2. The predicted octanol–water partition coefficient (Wildman–Crippen LogP) is 1.73. The highest BCUT2D eigenvalue weighted by Gasteiger charge is 2.40. The van der Waals surface area contributed by atoms with Crippen molar-refractivity contribution >= 4 is 23.6 Å². The molecule has 0 aliphatic carbocycles. The molecule has 2 fully saturated rings. The van der Waals surface area contributed by atoms with Crippen LogP contribution in [0.4, 0.5) is 0 Å². The molecule has 130 valence electrons. The first-order chi connectivity index (χ1) is 11.5. The molecule has 0 saturated carbocycles. The molecule has 3 rings (SSSR count). The fourth-order valence-corrected chi connectivity index (χ4v) is 4.40. The van der Waals surface area contributed by atoms with E-state index >= 15 is 0 Å². The van der Waals surface area contributed by atoms with E-state index < -0.39 is 0 Å². The Labute approximate surface area is 148 Å². The third-order valence-electron chi connectivity index (χ3n) is 4.77. The molecule has 2 atom stereocenters. The highest BCUT2D eigenvalue weighted by molar-refractivity contribution is 8.01. The van der Waals surface area contributed by atoms with E-state index in [9.17, 15) is 9.59 Å². The zero-order chi connectivity index (χ0) is 17.3. The van der Waals surface area contributed by atoms with Gasteiger partial charge >= 0.3 is 0 Å². The summed E-state index contributed by atoms with van der Waals surface area (Å²) in [5, 5.41) is -0.166. The van der Waals surface area contributed by atoms with Crippen molar-refractivity contribution in [3.63, 3.8) is 0 Å². The van der Waals surface area contributed by atoms with Crippen LogP contribution in [0.3, 0.4) is 0 Å². The smallest absolute Gasteiger partial charge is 0.242 e. The third kappa shape index (κ3) is 3.59. The lowest BCUT2D eigenvalue weighted by Gasteiger charge is -2.34. The Morgan fingerprint density at radius 1 is 1.17 bits per heavy atom. The van der Waals surface area contributed by atoms with E-state index in [4.69, 9.17) is 0 Å². The van der Waals surface area contributed by atoms with E-state index in [2.05, 4.69) is 36.2 Å². The minimum absolute atomic E-state index is 0.0586. The Morgan fingerprint density at radius 2 is 1.79 bits per heavy atom. The molecule has 0 N–H and O–H groups in total. The van der Waals surface area contributed by atoms with Gasteiger partial charge < -0.3 is 14.7 Å². The number of hydrogen-bond acceptors (Lipinski definition) is 4. The Balaban J connectivity index is 1.72. The van der Waals surface area contributed by atoms with Gasteiger partial charge in [0.1, 0.15) is 11.9 Å². The first-order valence-corrected chi connectivity index (χ1v) is 9.39. The molecular formula is C18H25N3O2S. The van der Waals surface area contributed by atoms with E-state index in [1.807, 2.05) is 18.7 Å². The van der Waals surface area contributed by atoms with Crippen molar-refractivity contribution in [1.29, 1.82) is 0 Å². The van der Waals surface area contributed by atoms with Crippen LogP contribution in [0.1, 0.15) is 23.4 Å². The number of aryl methyl sites for hydroxylation is 1. The lowest BCUT2D eigenvalue weighted by Crippen LogP contribution is -2.50. The van der Waals surface area contributed by atoms with Crippen LogP contribution in [-0.2, 0) is 9.59 Å². The summed E-state index contributed by atoms with van der Waals surface area (Å²) in [6.45, 7) is 7.43. The van der Waals surface area contributed by atoms with Gasteiger partial charge in [0.25, 0.3) is 0 Å². The van der Waals surface area contributed by atoms with Gasteiger partial charge in [0.15, 0.2) is 0 Å². The molecule has 0 bridgehead atoms. The predicted molar refractivity (Wildman–Crippen MR) is 96.8 cm³/mol. The van der Waals surface area contributed by atoms with E-state index in [1.165, 1.54) is 5.56 Å². The maximum atomic E-state index is 12.6. The van der Waals surface area contributed by atoms with Gasteiger partial charge in [0, 0.05) is 26.2 Å². The van der Waals surface area contributed by atoms with Crippen LogP contribution >= 0.6 is 11.8 Å². The van der Waals surface area contributed by atoms with Gasteiger partial charge in [0.05, 0.1) is 5.25 Å². The molecule has 0 unspecified atom stereocenters. The topological polar surface area (TPSA) is 43.9 Å². The number of thioether (sulfide) groups is 1. The van der Waals surface area contributed by atoms with Crippen molar-refractivity contribution in [2.75, 3.05) is 39.8 Å². The molecule has 2 heterocycles. The Bertz CT molecular complexity index is 611. The summed E-state index contributed by atoms with van der Waals surface area (Å²) in [5.74, 6) is 0.122. The highest BCUT2D eigenvalue weighted by atomic mass is 32.2. The van der Waals surface area contributed by atoms with Crippen LogP contribution in [0.2, 0.25) is 0 Å². The van der Waals surface area contributed by atoms with Crippen molar-refractivity contribution in [1.82, 2.24) is 14.7 Å². The normalized spacial score (nSPS) is 25.4. The summed E-state index contributed by atoms with van der Waals surface area (Å²) in [4.78, 5) is 31.1. The zero-order valence-electron chi connectivity index (χ0n) is 14.6. The van der Waals surface area contributed by atoms with Crippen LogP contribution in [-0.4, -0.2) is 71.5 Å². The van der Waals surface area contributed by atoms with Crippen molar-refractivity contribution in [2.45, 2.75) is 24.5 Å². The SMILES string of the molecule is Cc1ccc([C@@H]2S[C@@H](C)C(=O)N2CC(=O)N2CCN(C)CC2)cc1. The molecule has 0 radical (unpaired) electrons. The van der Waals surface area contributed by atoms with Crippen LogP contribution in [0.5, 0.6) is 0 Å². The summed E-state index contributed by atoms with van der Waals surface area (Å²) in [6.07, 6.45) is 0. The second-order valence-electron chi connectivity index (χ2n) is 6.69. The third-order valence-corrected chi connectivity index (χ3v) is 6.17. The number of nitrogens with zero attached hydrogens (tertiary/aromatic N) is 3. The van der Waals surface area contributed by atoms with Crippen molar-refractivity contribution in [3.8, 4) is 0 Å². The van der Waals surface area contributed by atoms with Crippen molar-refractivity contribution in [2.24, 2.45) is 0 Å². The van der Waals surface area contributed by atoms with E-state index in [0.717, 1.165) is 31.7 Å². The highest BCUT2D eigenvalue weighted by Crippen LogP contribution is 2.42. The number of piperazine rings is 1. The van der Waals surface area contributed by atoms with Gasteiger partial charge in [0.2, 0.25) is 11.8 Å². The lowest BCUT2D eigenvalue weighted by atomic mass is 10.1. The van der Waals surface area contributed by atoms with Crippen LogP contribution in [0.25, 0.3) is 0 Å². The molecule has 0 aromatic heterocycles. The number of likely N-dealkylation sites (N-methyl/N-ethyl adjacent to an activating group) is 1. The summed E-state index contributed by atoms with van der Waals surface area (Å²) in [5.41, 5.74) is 2.29. The lowest BCUT2D eigenvalue weighted by molar-refractivity contribution is -0.140. The fraction of sp³-hybridized carbons (Fsp3) is 0.556. The summed E-state index contributed by atoms with van der Waals surface area (Å²) in [7, 11) is 2.07. The van der Waals surface area contributed by atoms with Crippen molar-refractivity contribution in [3.05, 3.63) is 35.4 Å². The number of hydrogen-bond donors (Lipinski definition) is 0. The van der Waals surface area contributed by atoms with Gasteiger partial charge in [-0.2, -0.15) is 0 Å². The molecule has 1 aromatic rings. The molecule has 2 aliphatic heterocycles. The molecule has 1 aromatic carbocycles. The van der Waals surface area contributed by atoms with Gasteiger partial charge in [-0.15, -0.1) is 11.8 Å². The summed E-state index contributed by atoms with van der Waals surface area (Å²) in [6, 6.07) is 8.24. The first kappa shape index (κ1) is 17.3. The van der Waals surface area contributed by atoms with Gasteiger partial charge in [-0.25, -0.2) is 0 Å². The standard InChI is InChI=1S/C18H25N3O2S/c1-13-4-6-15(7-5-13)18-21(17(23)14(2)24-18)12-16(22)20-10-8-19(3)9-11-20/h4-7,14,18H,8-12H2,1-3H3/t14-,18-/m0/s1. The zero-order valence-corrected chi connectivity index (χ0v) is 15.4. The molecule has 24 heavy (non-hydrogen) atoms.